The van der Waals surface area contributed by atoms with Gasteiger partial charge in [-0.15, -0.1) is 11.3 Å². The molecule has 6 heteroatoms. The number of aromatic nitrogens is 3. The molecule has 0 saturated carbocycles. The van der Waals surface area contributed by atoms with Crippen LogP contribution in [0.1, 0.15) is 39.7 Å². The van der Waals surface area contributed by atoms with Crippen molar-refractivity contribution in [2.75, 3.05) is 13.1 Å². The molecule has 23 heavy (non-hydrogen) atoms. The van der Waals surface area contributed by atoms with Crippen LogP contribution in [0.3, 0.4) is 0 Å². The van der Waals surface area contributed by atoms with Gasteiger partial charge in [-0.1, -0.05) is 0 Å². The first-order chi connectivity index (χ1) is 11.2. The molecule has 1 amide bonds. The Morgan fingerprint density at radius 3 is 3.17 bits per heavy atom. The van der Waals surface area contributed by atoms with E-state index >= 15 is 0 Å². The van der Waals surface area contributed by atoms with E-state index in [-0.39, 0.29) is 5.91 Å². The van der Waals surface area contributed by atoms with Crippen LogP contribution in [0.5, 0.6) is 0 Å². The second kappa shape index (κ2) is 5.77. The maximum atomic E-state index is 12.7. The molecular weight excluding hydrogens is 308 g/mol. The zero-order chi connectivity index (χ0) is 15.8. The van der Waals surface area contributed by atoms with E-state index in [9.17, 15) is 4.79 Å². The molecule has 0 bridgehead atoms. The molecule has 0 spiro atoms. The molecule has 1 N–H and O–H groups in total. The first-order valence-electron chi connectivity index (χ1n) is 7.85. The Morgan fingerprint density at radius 1 is 1.43 bits per heavy atom. The summed E-state index contributed by atoms with van der Waals surface area (Å²) in [7, 11) is 0. The highest BCUT2D eigenvalue weighted by atomic mass is 32.1. The van der Waals surface area contributed by atoms with E-state index in [0.717, 1.165) is 53.1 Å². The topological polar surface area (TPSA) is 61.9 Å². The molecule has 118 valence electrons. The summed E-state index contributed by atoms with van der Waals surface area (Å²) in [6.07, 6.45) is 3.87. The fourth-order valence-electron chi connectivity index (χ4n) is 3.17. The Hall–Kier alpha value is -2.21. The van der Waals surface area contributed by atoms with Crippen molar-refractivity contribution in [3.8, 4) is 0 Å². The number of amides is 1. The van der Waals surface area contributed by atoms with Crippen molar-refractivity contribution in [1.29, 1.82) is 0 Å². The lowest BCUT2D eigenvalue weighted by Gasteiger charge is -2.32. The Morgan fingerprint density at radius 2 is 2.35 bits per heavy atom. The van der Waals surface area contributed by atoms with E-state index in [1.807, 2.05) is 29.3 Å². The minimum Gasteiger partial charge on any atom is -0.337 e. The van der Waals surface area contributed by atoms with Gasteiger partial charge in [-0.05, 0) is 48.9 Å². The van der Waals surface area contributed by atoms with Crippen molar-refractivity contribution in [3.05, 3.63) is 45.9 Å². The third-order valence-corrected chi connectivity index (χ3v) is 5.43. The second-order valence-electron chi connectivity index (χ2n) is 6.12. The molecule has 1 atom stereocenters. The second-order valence-corrected chi connectivity index (χ2v) is 7.03. The lowest BCUT2D eigenvalue weighted by atomic mass is 9.94. The van der Waals surface area contributed by atoms with Crippen molar-refractivity contribution < 1.29 is 4.79 Å². The van der Waals surface area contributed by atoms with Crippen molar-refractivity contribution >= 4 is 28.3 Å². The molecule has 1 aliphatic rings. The minimum atomic E-state index is 0.149. The molecule has 5 nitrogen and oxygen atoms in total. The van der Waals surface area contributed by atoms with Crippen molar-refractivity contribution in [2.24, 2.45) is 0 Å². The number of hydrogen-bond donors (Lipinski definition) is 1. The molecule has 0 radical (unpaired) electrons. The number of carbonyl (C=O) groups excluding carboxylic acids is 1. The third kappa shape index (κ3) is 2.74. The van der Waals surface area contributed by atoms with E-state index in [1.165, 1.54) is 11.3 Å². The van der Waals surface area contributed by atoms with Gasteiger partial charge in [0.25, 0.3) is 5.91 Å². The van der Waals surface area contributed by atoms with Crippen LogP contribution in [-0.2, 0) is 0 Å². The molecule has 1 fully saturated rings. The summed E-state index contributed by atoms with van der Waals surface area (Å²) >= 11 is 1.53. The van der Waals surface area contributed by atoms with Crippen LogP contribution in [0.4, 0.5) is 0 Å². The van der Waals surface area contributed by atoms with Gasteiger partial charge < -0.3 is 4.90 Å². The zero-order valence-corrected chi connectivity index (χ0v) is 13.8. The van der Waals surface area contributed by atoms with Crippen LogP contribution in [0.25, 0.3) is 11.0 Å². The molecular formula is C17H18N4OS. The van der Waals surface area contributed by atoms with Crippen LogP contribution in [0.15, 0.2) is 29.8 Å². The number of thiophene rings is 1. The summed E-state index contributed by atoms with van der Waals surface area (Å²) in [6, 6.07) is 6.09. The molecule has 0 aliphatic carbocycles. The van der Waals surface area contributed by atoms with Gasteiger partial charge >= 0.3 is 0 Å². The van der Waals surface area contributed by atoms with Gasteiger partial charge in [0, 0.05) is 30.1 Å². The smallest absolute Gasteiger partial charge is 0.263 e. The van der Waals surface area contributed by atoms with Gasteiger partial charge in [0.15, 0.2) is 5.65 Å². The number of rotatable bonds is 2. The van der Waals surface area contributed by atoms with E-state index in [2.05, 4.69) is 21.2 Å². The molecule has 1 aliphatic heterocycles. The maximum absolute atomic E-state index is 12.7. The van der Waals surface area contributed by atoms with Crippen LogP contribution < -0.4 is 0 Å². The summed E-state index contributed by atoms with van der Waals surface area (Å²) in [5.41, 5.74) is 3.01. The van der Waals surface area contributed by atoms with Crippen LogP contribution in [0, 0.1) is 6.92 Å². The monoisotopic (exact) mass is 326 g/mol. The van der Waals surface area contributed by atoms with E-state index in [0.29, 0.717) is 5.92 Å². The molecule has 0 aromatic carbocycles. The number of aryl methyl sites for hydroxylation is 1. The lowest BCUT2D eigenvalue weighted by Crippen LogP contribution is -2.39. The quantitative estimate of drug-likeness (QED) is 0.785. The molecule has 3 aromatic heterocycles. The number of pyridine rings is 1. The third-order valence-electron chi connectivity index (χ3n) is 4.39. The SMILES string of the molecule is Cc1csc(C(=O)N2CCCC(c3ccc4cn[nH]c4n3)C2)c1. The Balaban J connectivity index is 1.55. The number of nitrogens with zero attached hydrogens (tertiary/aromatic N) is 3. The van der Waals surface area contributed by atoms with Crippen LogP contribution in [-0.4, -0.2) is 39.1 Å². The molecule has 4 rings (SSSR count). The highest BCUT2D eigenvalue weighted by Gasteiger charge is 2.27. The Kier molecular flexibility index (Phi) is 3.61. The van der Waals surface area contributed by atoms with Gasteiger partial charge in [0.2, 0.25) is 0 Å². The summed E-state index contributed by atoms with van der Waals surface area (Å²) in [6.45, 7) is 3.59. The number of carbonyl (C=O) groups is 1. The van der Waals surface area contributed by atoms with Gasteiger partial charge in [-0.2, -0.15) is 5.10 Å². The largest absolute Gasteiger partial charge is 0.337 e. The van der Waals surface area contributed by atoms with Gasteiger partial charge in [0.1, 0.15) is 0 Å². The number of aromatic amines is 1. The van der Waals surface area contributed by atoms with E-state index in [1.54, 1.807) is 6.20 Å². The zero-order valence-electron chi connectivity index (χ0n) is 13.0. The van der Waals surface area contributed by atoms with Crippen molar-refractivity contribution in [1.82, 2.24) is 20.1 Å². The first kappa shape index (κ1) is 14.4. The minimum absolute atomic E-state index is 0.149. The summed E-state index contributed by atoms with van der Waals surface area (Å²) in [5.74, 6) is 0.442. The number of hydrogen-bond acceptors (Lipinski definition) is 4. The van der Waals surface area contributed by atoms with Gasteiger partial charge in [0.05, 0.1) is 11.1 Å². The number of H-pyrrole nitrogens is 1. The van der Waals surface area contributed by atoms with E-state index < -0.39 is 0 Å². The maximum Gasteiger partial charge on any atom is 0.263 e. The summed E-state index contributed by atoms with van der Waals surface area (Å²) in [4.78, 5) is 20.1. The number of nitrogens with one attached hydrogen (secondary N) is 1. The standard InChI is InChI=1S/C17H18N4OS/c1-11-7-15(23-10-11)17(22)21-6-2-3-13(9-21)14-5-4-12-8-18-20-16(12)19-14/h4-5,7-8,10,13H,2-3,6,9H2,1H3,(H,18,19,20). The average molecular weight is 326 g/mol. The highest BCUT2D eigenvalue weighted by molar-refractivity contribution is 7.12. The normalized spacial score (nSPS) is 18.5. The Bertz CT molecular complexity index is 853. The van der Waals surface area contributed by atoms with E-state index in [4.69, 9.17) is 0 Å². The molecule has 1 saturated heterocycles. The highest BCUT2D eigenvalue weighted by Crippen LogP contribution is 2.28. The summed E-state index contributed by atoms with van der Waals surface area (Å²) < 4.78 is 0. The Labute approximate surface area is 138 Å². The number of likely N-dealkylation sites (tertiary alicyclic amines) is 1. The van der Waals surface area contributed by atoms with Crippen LogP contribution >= 0.6 is 11.3 Å². The molecule has 1 unspecified atom stereocenters. The molecule has 3 aromatic rings. The fourth-order valence-corrected chi connectivity index (χ4v) is 4.04. The first-order valence-corrected chi connectivity index (χ1v) is 8.73. The average Bonchev–Trinajstić information content (AvgIpc) is 3.22. The molecule has 4 heterocycles. The number of piperidine rings is 1. The number of fused-ring (bicyclic) bond motifs is 1. The van der Waals surface area contributed by atoms with Crippen molar-refractivity contribution in [3.63, 3.8) is 0 Å². The van der Waals surface area contributed by atoms with Crippen molar-refractivity contribution in [2.45, 2.75) is 25.7 Å². The van der Waals surface area contributed by atoms with Gasteiger partial charge in [-0.3, -0.25) is 9.89 Å². The predicted octanol–water partition coefficient (Wildman–Crippen LogP) is 3.35. The predicted molar refractivity (Wildman–Crippen MR) is 90.8 cm³/mol. The lowest BCUT2D eigenvalue weighted by molar-refractivity contribution is 0.0711. The summed E-state index contributed by atoms with van der Waals surface area (Å²) in [5, 5.41) is 9.99. The van der Waals surface area contributed by atoms with Gasteiger partial charge in [-0.25, -0.2) is 4.98 Å². The van der Waals surface area contributed by atoms with Crippen LogP contribution in [0.2, 0.25) is 0 Å². The fraction of sp³-hybridized carbons (Fsp3) is 0.353.